The molecule has 0 saturated carbocycles. The van der Waals surface area contributed by atoms with Crippen molar-refractivity contribution in [2.75, 3.05) is 11.1 Å². The number of carbonyl (C=O) groups excluding carboxylic acids is 1. The summed E-state index contributed by atoms with van der Waals surface area (Å²) in [6.07, 6.45) is 1.77. The highest BCUT2D eigenvalue weighted by Crippen LogP contribution is 2.23. The molecule has 0 aliphatic rings. The molecule has 0 fully saturated rings. The van der Waals surface area contributed by atoms with Gasteiger partial charge in [0, 0.05) is 23.0 Å². The standard InChI is InChI=1S/C22H22ClFN4OS2/c1-3-10-28-20(13-30-12-16-5-7-17(24)8-6-16)26-27-22(28)31-14-21(29)25-18-9-4-15(2)19(23)11-18/h3-9,11H,1,10,12-14H2,2H3,(H,25,29). The topological polar surface area (TPSA) is 59.8 Å². The number of nitrogens with zero attached hydrogens (tertiary/aromatic N) is 3. The lowest BCUT2D eigenvalue weighted by atomic mass is 10.2. The molecule has 0 spiro atoms. The third kappa shape index (κ3) is 6.85. The maximum atomic E-state index is 13.0. The van der Waals surface area contributed by atoms with Gasteiger partial charge in [-0.25, -0.2) is 4.39 Å². The quantitative estimate of drug-likeness (QED) is 0.299. The maximum absolute atomic E-state index is 13.0. The average molecular weight is 477 g/mol. The number of aryl methyl sites for hydroxylation is 1. The zero-order valence-corrected chi connectivity index (χ0v) is 19.4. The van der Waals surface area contributed by atoms with Gasteiger partial charge in [0.15, 0.2) is 5.16 Å². The molecule has 9 heteroatoms. The summed E-state index contributed by atoms with van der Waals surface area (Å²) in [7, 11) is 0. The first-order valence-electron chi connectivity index (χ1n) is 9.50. The van der Waals surface area contributed by atoms with Crippen molar-refractivity contribution in [3.8, 4) is 0 Å². The van der Waals surface area contributed by atoms with E-state index in [2.05, 4.69) is 22.1 Å². The number of halogens is 2. The lowest BCUT2D eigenvalue weighted by Crippen LogP contribution is -2.14. The Kier molecular flexibility index (Phi) is 8.57. The van der Waals surface area contributed by atoms with Crippen LogP contribution in [-0.4, -0.2) is 26.4 Å². The van der Waals surface area contributed by atoms with Crippen LogP contribution in [-0.2, 0) is 22.8 Å². The smallest absolute Gasteiger partial charge is 0.234 e. The van der Waals surface area contributed by atoms with Crippen molar-refractivity contribution in [3.05, 3.63) is 82.9 Å². The van der Waals surface area contributed by atoms with Gasteiger partial charge in [-0.15, -0.1) is 28.5 Å². The van der Waals surface area contributed by atoms with Crippen LogP contribution in [0.4, 0.5) is 10.1 Å². The number of anilines is 1. The van der Waals surface area contributed by atoms with Crippen molar-refractivity contribution in [1.29, 1.82) is 0 Å². The van der Waals surface area contributed by atoms with Gasteiger partial charge in [0.25, 0.3) is 0 Å². The zero-order chi connectivity index (χ0) is 22.2. The van der Waals surface area contributed by atoms with Gasteiger partial charge in [-0.05, 0) is 42.3 Å². The lowest BCUT2D eigenvalue weighted by Gasteiger charge is -2.09. The number of aromatic nitrogens is 3. The number of amides is 1. The molecule has 1 aromatic heterocycles. The summed E-state index contributed by atoms with van der Waals surface area (Å²) < 4.78 is 15.0. The van der Waals surface area contributed by atoms with Crippen LogP contribution >= 0.6 is 35.1 Å². The Morgan fingerprint density at radius 3 is 2.71 bits per heavy atom. The number of thioether (sulfide) groups is 2. The van der Waals surface area contributed by atoms with Gasteiger partial charge in [0.1, 0.15) is 11.6 Å². The second-order valence-corrected chi connectivity index (χ2v) is 9.05. The van der Waals surface area contributed by atoms with E-state index in [4.69, 9.17) is 11.6 Å². The molecule has 3 rings (SSSR count). The minimum atomic E-state index is -0.240. The summed E-state index contributed by atoms with van der Waals surface area (Å²) in [6, 6.07) is 11.9. The molecule has 3 aromatic rings. The van der Waals surface area contributed by atoms with Crippen LogP contribution in [0.15, 0.2) is 60.3 Å². The molecule has 2 aromatic carbocycles. The largest absolute Gasteiger partial charge is 0.325 e. The third-order valence-electron chi connectivity index (χ3n) is 4.31. The van der Waals surface area contributed by atoms with Gasteiger partial charge in [0.2, 0.25) is 5.91 Å². The van der Waals surface area contributed by atoms with Crippen LogP contribution in [0.1, 0.15) is 17.0 Å². The highest BCUT2D eigenvalue weighted by Gasteiger charge is 2.14. The van der Waals surface area contributed by atoms with Gasteiger partial charge >= 0.3 is 0 Å². The Balaban J connectivity index is 1.56. The van der Waals surface area contributed by atoms with E-state index in [1.54, 1.807) is 36.0 Å². The summed E-state index contributed by atoms with van der Waals surface area (Å²) >= 11 is 9.10. The first kappa shape index (κ1) is 23.4. The van der Waals surface area contributed by atoms with E-state index in [0.29, 0.717) is 28.2 Å². The van der Waals surface area contributed by atoms with Gasteiger partial charge < -0.3 is 9.88 Å². The maximum Gasteiger partial charge on any atom is 0.234 e. The number of benzene rings is 2. The van der Waals surface area contributed by atoms with Crippen molar-refractivity contribution in [1.82, 2.24) is 14.8 Å². The van der Waals surface area contributed by atoms with E-state index in [1.807, 2.05) is 23.6 Å². The zero-order valence-electron chi connectivity index (χ0n) is 17.0. The fourth-order valence-electron chi connectivity index (χ4n) is 2.68. The number of allylic oxidation sites excluding steroid dienone is 1. The van der Waals surface area contributed by atoms with Crippen LogP contribution < -0.4 is 5.32 Å². The summed E-state index contributed by atoms with van der Waals surface area (Å²) in [4.78, 5) is 12.3. The minimum absolute atomic E-state index is 0.148. The van der Waals surface area contributed by atoms with Crippen molar-refractivity contribution >= 4 is 46.7 Å². The first-order chi connectivity index (χ1) is 15.0. The predicted octanol–water partition coefficient (Wildman–Crippen LogP) is 5.73. The molecule has 31 heavy (non-hydrogen) atoms. The molecule has 0 atom stereocenters. The van der Waals surface area contributed by atoms with Crippen molar-refractivity contribution in [2.24, 2.45) is 0 Å². The highest BCUT2D eigenvalue weighted by atomic mass is 35.5. The SMILES string of the molecule is C=CCn1c(CSCc2ccc(F)cc2)nnc1SCC(=O)Nc1ccc(C)c(Cl)c1. The fraction of sp³-hybridized carbons (Fsp3) is 0.227. The fourth-order valence-corrected chi connectivity index (χ4v) is 4.56. The van der Waals surface area contributed by atoms with Crippen LogP contribution in [0.25, 0.3) is 0 Å². The Labute approximate surface area is 194 Å². The minimum Gasteiger partial charge on any atom is -0.325 e. The van der Waals surface area contributed by atoms with Gasteiger partial charge in [0.05, 0.1) is 11.5 Å². The number of carbonyl (C=O) groups is 1. The number of hydrogen-bond donors (Lipinski definition) is 1. The van der Waals surface area contributed by atoms with Crippen LogP contribution in [0.2, 0.25) is 5.02 Å². The Morgan fingerprint density at radius 2 is 2.00 bits per heavy atom. The van der Waals surface area contributed by atoms with Crippen LogP contribution in [0, 0.1) is 12.7 Å². The Morgan fingerprint density at radius 1 is 1.23 bits per heavy atom. The van der Waals surface area contributed by atoms with Crippen LogP contribution in [0.3, 0.4) is 0 Å². The monoisotopic (exact) mass is 476 g/mol. The molecular formula is C22H22ClFN4OS2. The van der Waals surface area contributed by atoms with Crippen molar-refractivity contribution < 1.29 is 9.18 Å². The van der Waals surface area contributed by atoms with Gasteiger partial charge in [-0.2, -0.15) is 0 Å². The number of hydrogen-bond acceptors (Lipinski definition) is 5. The molecule has 5 nitrogen and oxygen atoms in total. The molecule has 0 radical (unpaired) electrons. The molecule has 0 aliphatic heterocycles. The molecule has 0 bridgehead atoms. The van der Waals surface area contributed by atoms with E-state index < -0.39 is 0 Å². The highest BCUT2D eigenvalue weighted by molar-refractivity contribution is 7.99. The van der Waals surface area contributed by atoms with E-state index >= 15 is 0 Å². The molecule has 1 N–H and O–H groups in total. The second kappa shape index (κ2) is 11.4. The summed E-state index contributed by atoms with van der Waals surface area (Å²) in [5.74, 6) is 2.00. The molecular weight excluding hydrogens is 455 g/mol. The average Bonchev–Trinajstić information content (AvgIpc) is 3.13. The number of nitrogens with one attached hydrogen (secondary N) is 1. The summed E-state index contributed by atoms with van der Waals surface area (Å²) in [5.41, 5.74) is 2.66. The summed E-state index contributed by atoms with van der Waals surface area (Å²) in [6.45, 7) is 6.26. The van der Waals surface area contributed by atoms with Crippen molar-refractivity contribution in [3.63, 3.8) is 0 Å². The van der Waals surface area contributed by atoms with Gasteiger partial charge in [-0.1, -0.05) is 47.6 Å². The van der Waals surface area contributed by atoms with E-state index in [9.17, 15) is 9.18 Å². The Hall–Kier alpha value is -2.29. The normalized spacial score (nSPS) is 10.8. The lowest BCUT2D eigenvalue weighted by molar-refractivity contribution is -0.113. The van der Waals surface area contributed by atoms with E-state index in [0.717, 1.165) is 22.7 Å². The third-order valence-corrected chi connectivity index (χ3v) is 6.68. The molecule has 0 unspecified atom stereocenters. The van der Waals surface area contributed by atoms with E-state index in [1.165, 1.54) is 23.9 Å². The number of rotatable bonds is 10. The van der Waals surface area contributed by atoms with Crippen LogP contribution in [0.5, 0.6) is 0 Å². The predicted molar refractivity (Wildman–Crippen MR) is 127 cm³/mol. The molecule has 1 amide bonds. The summed E-state index contributed by atoms with van der Waals surface area (Å²) in [5, 5.41) is 12.6. The van der Waals surface area contributed by atoms with Gasteiger partial charge in [-0.3, -0.25) is 4.79 Å². The van der Waals surface area contributed by atoms with E-state index in [-0.39, 0.29) is 17.5 Å². The van der Waals surface area contributed by atoms with Crippen molar-refractivity contribution in [2.45, 2.75) is 30.1 Å². The second-order valence-electron chi connectivity index (χ2n) is 6.72. The molecule has 0 saturated heterocycles. The molecule has 1 heterocycles. The Bertz CT molecular complexity index is 1060. The molecule has 0 aliphatic carbocycles. The first-order valence-corrected chi connectivity index (χ1v) is 12.0. The molecule has 162 valence electrons.